The van der Waals surface area contributed by atoms with Gasteiger partial charge < -0.3 is 9.47 Å². The van der Waals surface area contributed by atoms with Crippen LogP contribution in [0.1, 0.15) is 32.1 Å². The van der Waals surface area contributed by atoms with Crippen molar-refractivity contribution >= 4 is 15.9 Å². The molecule has 0 aliphatic heterocycles. The summed E-state index contributed by atoms with van der Waals surface area (Å²) in [6.07, 6.45) is 6.76. The van der Waals surface area contributed by atoms with Gasteiger partial charge >= 0.3 is 0 Å². The van der Waals surface area contributed by atoms with Crippen molar-refractivity contribution in [1.82, 2.24) is 0 Å². The van der Waals surface area contributed by atoms with E-state index in [9.17, 15) is 0 Å². The smallest absolute Gasteiger partial charge is 0.119 e. The molecule has 1 fully saturated rings. The molecule has 19 heavy (non-hydrogen) atoms. The maximum absolute atomic E-state index is 5.82. The van der Waals surface area contributed by atoms with Crippen molar-refractivity contribution in [3.63, 3.8) is 0 Å². The Morgan fingerprint density at radius 3 is 2.37 bits per heavy atom. The zero-order valence-electron chi connectivity index (χ0n) is 11.6. The van der Waals surface area contributed by atoms with Gasteiger partial charge in [-0.25, -0.2) is 0 Å². The molecule has 106 valence electrons. The Morgan fingerprint density at radius 1 is 1.16 bits per heavy atom. The Hall–Kier alpha value is -0.700. The van der Waals surface area contributed by atoms with E-state index in [1.54, 1.807) is 7.11 Å². The van der Waals surface area contributed by atoms with Crippen molar-refractivity contribution in [2.75, 3.05) is 19.0 Å². The number of hydrogen-bond acceptors (Lipinski definition) is 2. The SMILES string of the molecule is COc1ccc(OCCC(CBr)C2CCCC2)cc1. The highest BCUT2D eigenvalue weighted by Crippen LogP contribution is 2.34. The minimum absolute atomic E-state index is 0.765. The molecule has 1 aromatic rings. The molecule has 2 nitrogen and oxygen atoms in total. The van der Waals surface area contributed by atoms with Crippen LogP contribution in [0.5, 0.6) is 11.5 Å². The van der Waals surface area contributed by atoms with Crippen LogP contribution in [-0.2, 0) is 0 Å². The van der Waals surface area contributed by atoms with Gasteiger partial charge in [0.05, 0.1) is 13.7 Å². The summed E-state index contributed by atoms with van der Waals surface area (Å²) in [5.41, 5.74) is 0. The van der Waals surface area contributed by atoms with Crippen LogP contribution in [0.3, 0.4) is 0 Å². The van der Waals surface area contributed by atoms with Gasteiger partial charge in [-0.2, -0.15) is 0 Å². The number of benzene rings is 1. The Bertz CT molecular complexity index is 358. The third-order valence-corrected chi connectivity index (χ3v) is 4.91. The zero-order valence-corrected chi connectivity index (χ0v) is 13.2. The molecule has 0 aromatic heterocycles. The van der Waals surface area contributed by atoms with Crippen LogP contribution < -0.4 is 9.47 Å². The maximum Gasteiger partial charge on any atom is 0.119 e. The Balaban J connectivity index is 1.74. The zero-order chi connectivity index (χ0) is 13.5. The highest BCUT2D eigenvalue weighted by molar-refractivity contribution is 9.09. The van der Waals surface area contributed by atoms with Gasteiger partial charge in [-0.3, -0.25) is 0 Å². The molecule has 0 heterocycles. The van der Waals surface area contributed by atoms with E-state index in [-0.39, 0.29) is 0 Å². The minimum atomic E-state index is 0.765. The molecule has 1 unspecified atom stereocenters. The maximum atomic E-state index is 5.82. The number of ether oxygens (including phenoxy) is 2. The molecule has 1 aliphatic rings. The van der Waals surface area contributed by atoms with Gasteiger partial charge in [-0.05, 0) is 42.5 Å². The molecule has 1 saturated carbocycles. The standard InChI is InChI=1S/C16H23BrO2/c1-18-15-6-8-16(9-7-15)19-11-10-14(12-17)13-4-2-3-5-13/h6-9,13-14H,2-5,10-12H2,1H3. The lowest BCUT2D eigenvalue weighted by atomic mass is 9.90. The number of alkyl halides is 1. The lowest BCUT2D eigenvalue weighted by Gasteiger charge is -2.21. The Kier molecular flexibility index (Phi) is 6.02. The molecular weight excluding hydrogens is 304 g/mol. The topological polar surface area (TPSA) is 18.5 Å². The van der Waals surface area contributed by atoms with Crippen molar-refractivity contribution in [3.8, 4) is 11.5 Å². The van der Waals surface area contributed by atoms with E-state index < -0.39 is 0 Å². The van der Waals surface area contributed by atoms with Crippen LogP contribution in [0.2, 0.25) is 0 Å². The quantitative estimate of drug-likeness (QED) is 0.678. The summed E-state index contributed by atoms with van der Waals surface area (Å²) in [5.74, 6) is 3.47. The number of methoxy groups -OCH3 is 1. The monoisotopic (exact) mass is 326 g/mol. The van der Waals surface area contributed by atoms with Crippen molar-refractivity contribution in [1.29, 1.82) is 0 Å². The fourth-order valence-corrected chi connectivity index (χ4v) is 3.72. The third kappa shape index (κ3) is 4.41. The molecule has 0 N–H and O–H groups in total. The predicted molar refractivity (Wildman–Crippen MR) is 82.3 cm³/mol. The van der Waals surface area contributed by atoms with E-state index in [2.05, 4.69) is 15.9 Å². The molecule has 1 atom stereocenters. The molecule has 0 amide bonds. The molecule has 3 heteroatoms. The lowest BCUT2D eigenvalue weighted by Crippen LogP contribution is -2.16. The fourth-order valence-electron chi connectivity index (χ4n) is 2.87. The largest absolute Gasteiger partial charge is 0.497 e. The van der Waals surface area contributed by atoms with E-state index in [0.29, 0.717) is 0 Å². The second kappa shape index (κ2) is 7.78. The van der Waals surface area contributed by atoms with Gasteiger partial charge in [0.25, 0.3) is 0 Å². The van der Waals surface area contributed by atoms with E-state index in [1.165, 1.54) is 25.7 Å². The van der Waals surface area contributed by atoms with E-state index in [1.807, 2.05) is 24.3 Å². The van der Waals surface area contributed by atoms with Gasteiger partial charge in [-0.15, -0.1) is 0 Å². The summed E-state index contributed by atoms with van der Waals surface area (Å²) in [6.45, 7) is 0.805. The summed E-state index contributed by atoms with van der Waals surface area (Å²) < 4.78 is 11.0. The van der Waals surface area contributed by atoms with E-state index in [0.717, 1.165) is 41.7 Å². The Labute approximate surface area is 124 Å². The van der Waals surface area contributed by atoms with Crippen molar-refractivity contribution in [2.45, 2.75) is 32.1 Å². The first-order chi connectivity index (χ1) is 9.33. The molecule has 1 aliphatic carbocycles. The number of halogens is 1. The molecule has 0 radical (unpaired) electrons. The van der Waals surface area contributed by atoms with Crippen molar-refractivity contribution in [3.05, 3.63) is 24.3 Å². The van der Waals surface area contributed by atoms with Gasteiger partial charge in [0, 0.05) is 5.33 Å². The average Bonchev–Trinajstić information content (AvgIpc) is 2.98. The third-order valence-electron chi connectivity index (χ3n) is 4.08. The molecule has 2 rings (SSSR count). The average molecular weight is 327 g/mol. The summed E-state index contributed by atoms with van der Waals surface area (Å²) in [5, 5.41) is 1.10. The van der Waals surface area contributed by atoms with Gasteiger partial charge in [-0.1, -0.05) is 41.6 Å². The summed E-state index contributed by atoms with van der Waals surface area (Å²) in [6, 6.07) is 7.82. The summed E-state index contributed by atoms with van der Waals surface area (Å²) >= 11 is 3.66. The van der Waals surface area contributed by atoms with Crippen molar-refractivity contribution < 1.29 is 9.47 Å². The lowest BCUT2D eigenvalue weighted by molar-refractivity contribution is 0.250. The van der Waals surface area contributed by atoms with Gasteiger partial charge in [0.15, 0.2) is 0 Å². The minimum Gasteiger partial charge on any atom is -0.497 e. The van der Waals surface area contributed by atoms with Crippen LogP contribution in [0.25, 0.3) is 0 Å². The number of rotatable bonds is 7. The number of hydrogen-bond donors (Lipinski definition) is 0. The van der Waals surface area contributed by atoms with Crippen molar-refractivity contribution in [2.24, 2.45) is 11.8 Å². The van der Waals surface area contributed by atoms with Crippen LogP contribution in [0, 0.1) is 11.8 Å². The Morgan fingerprint density at radius 2 is 1.79 bits per heavy atom. The summed E-state index contributed by atoms with van der Waals surface area (Å²) in [7, 11) is 1.68. The molecule has 0 spiro atoms. The second-order valence-electron chi connectivity index (χ2n) is 5.27. The highest BCUT2D eigenvalue weighted by Gasteiger charge is 2.23. The molecule has 0 saturated heterocycles. The van der Waals surface area contributed by atoms with Crippen LogP contribution in [0.15, 0.2) is 24.3 Å². The first kappa shape index (κ1) is 14.7. The normalized spacial score (nSPS) is 17.4. The van der Waals surface area contributed by atoms with Crippen LogP contribution in [-0.4, -0.2) is 19.0 Å². The highest BCUT2D eigenvalue weighted by atomic mass is 79.9. The first-order valence-electron chi connectivity index (χ1n) is 7.16. The first-order valence-corrected chi connectivity index (χ1v) is 8.28. The summed E-state index contributed by atoms with van der Waals surface area (Å²) in [4.78, 5) is 0. The molecular formula is C16H23BrO2. The second-order valence-corrected chi connectivity index (χ2v) is 5.92. The molecule has 1 aromatic carbocycles. The molecule has 0 bridgehead atoms. The fraction of sp³-hybridized carbons (Fsp3) is 0.625. The van der Waals surface area contributed by atoms with Crippen LogP contribution >= 0.6 is 15.9 Å². The van der Waals surface area contributed by atoms with Crippen LogP contribution in [0.4, 0.5) is 0 Å². The predicted octanol–water partition coefficient (Wildman–Crippen LogP) is 4.67. The van der Waals surface area contributed by atoms with E-state index in [4.69, 9.17) is 9.47 Å². The van der Waals surface area contributed by atoms with E-state index >= 15 is 0 Å². The van der Waals surface area contributed by atoms with Gasteiger partial charge in [0.1, 0.15) is 11.5 Å². The van der Waals surface area contributed by atoms with Gasteiger partial charge in [0.2, 0.25) is 0 Å².